The van der Waals surface area contributed by atoms with Crippen LogP contribution in [0, 0.1) is 5.92 Å². The van der Waals surface area contributed by atoms with E-state index in [0.29, 0.717) is 31.3 Å². The molecule has 1 aromatic rings. The van der Waals surface area contributed by atoms with Gasteiger partial charge in [0.25, 0.3) is 0 Å². The molecule has 5 nitrogen and oxygen atoms in total. The van der Waals surface area contributed by atoms with E-state index in [4.69, 9.17) is 10.5 Å². The smallest absolute Gasteiger partial charge is 0.246 e. The summed E-state index contributed by atoms with van der Waals surface area (Å²) in [6.07, 6.45) is 2.23. The highest BCUT2D eigenvalue weighted by Crippen LogP contribution is 2.33. The number of nitrogens with two attached hydrogens (primary N) is 1. The standard InChI is InChI=1S/C14H22N2O3S/c1-3-16(10-11-4-5-11)20(17,18)14-8-12(9-15)6-7-13(14)19-2/h6-8,11H,3-5,9-10,15H2,1-2H3. The van der Waals surface area contributed by atoms with Gasteiger partial charge in [0.05, 0.1) is 7.11 Å². The Hall–Kier alpha value is -1.11. The quantitative estimate of drug-likeness (QED) is 0.829. The molecule has 1 fully saturated rings. The summed E-state index contributed by atoms with van der Waals surface area (Å²) in [6, 6.07) is 5.07. The molecule has 2 rings (SSSR count). The van der Waals surface area contributed by atoms with Crippen LogP contribution < -0.4 is 10.5 Å². The maximum Gasteiger partial charge on any atom is 0.246 e. The first-order valence-corrected chi connectivity index (χ1v) is 8.34. The first kappa shape index (κ1) is 15.3. The van der Waals surface area contributed by atoms with E-state index in [2.05, 4.69) is 0 Å². The van der Waals surface area contributed by atoms with Crippen LogP contribution in [0.25, 0.3) is 0 Å². The normalized spacial score (nSPS) is 15.6. The number of benzene rings is 1. The zero-order valence-corrected chi connectivity index (χ0v) is 12.8. The molecule has 1 aliphatic carbocycles. The Morgan fingerprint density at radius 3 is 2.60 bits per heavy atom. The topological polar surface area (TPSA) is 72.6 Å². The zero-order chi connectivity index (χ0) is 14.8. The summed E-state index contributed by atoms with van der Waals surface area (Å²) >= 11 is 0. The molecule has 6 heteroatoms. The summed E-state index contributed by atoms with van der Waals surface area (Å²) in [5.74, 6) is 0.879. The molecule has 0 atom stereocenters. The van der Waals surface area contributed by atoms with Gasteiger partial charge in [0, 0.05) is 19.6 Å². The first-order chi connectivity index (χ1) is 9.52. The van der Waals surface area contributed by atoms with Crippen molar-refractivity contribution in [3.8, 4) is 5.75 Å². The van der Waals surface area contributed by atoms with Crippen molar-refractivity contribution >= 4 is 10.0 Å². The molecule has 1 aliphatic rings. The van der Waals surface area contributed by atoms with Gasteiger partial charge >= 0.3 is 0 Å². The Morgan fingerprint density at radius 1 is 1.40 bits per heavy atom. The van der Waals surface area contributed by atoms with E-state index in [9.17, 15) is 8.42 Å². The third-order valence-corrected chi connectivity index (χ3v) is 5.55. The second kappa shape index (κ2) is 6.11. The first-order valence-electron chi connectivity index (χ1n) is 6.90. The largest absolute Gasteiger partial charge is 0.495 e. The highest BCUT2D eigenvalue weighted by molar-refractivity contribution is 7.89. The van der Waals surface area contributed by atoms with Gasteiger partial charge < -0.3 is 10.5 Å². The average molecular weight is 298 g/mol. The van der Waals surface area contributed by atoms with Crippen LogP contribution in [0.3, 0.4) is 0 Å². The van der Waals surface area contributed by atoms with Gasteiger partial charge in [0.1, 0.15) is 10.6 Å². The van der Waals surface area contributed by atoms with Gasteiger partial charge in [-0.25, -0.2) is 8.42 Å². The molecule has 1 aromatic carbocycles. The number of sulfonamides is 1. The van der Waals surface area contributed by atoms with Crippen LogP contribution in [-0.4, -0.2) is 32.9 Å². The van der Waals surface area contributed by atoms with Crippen LogP contribution in [0.2, 0.25) is 0 Å². The van der Waals surface area contributed by atoms with E-state index >= 15 is 0 Å². The SMILES string of the molecule is CCN(CC1CC1)S(=O)(=O)c1cc(CN)ccc1OC. The molecular formula is C14H22N2O3S. The van der Waals surface area contributed by atoms with Crippen molar-refractivity contribution in [1.29, 1.82) is 0 Å². The van der Waals surface area contributed by atoms with Gasteiger partial charge in [-0.15, -0.1) is 0 Å². The molecule has 0 aromatic heterocycles. The maximum atomic E-state index is 12.8. The maximum absolute atomic E-state index is 12.8. The van der Waals surface area contributed by atoms with Gasteiger partial charge in [-0.05, 0) is 36.5 Å². The van der Waals surface area contributed by atoms with Crippen molar-refractivity contribution in [3.05, 3.63) is 23.8 Å². The number of hydrogen-bond donors (Lipinski definition) is 1. The van der Waals surface area contributed by atoms with Gasteiger partial charge in [-0.1, -0.05) is 13.0 Å². The molecule has 2 N–H and O–H groups in total. The van der Waals surface area contributed by atoms with Crippen LogP contribution in [0.1, 0.15) is 25.3 Å². The molecule has 20 heavy (non-hydrogen) atoms. The third-order valence-electron chi connectivity index (χ3n) is 3.59. The number of rotatable bonds is 7. The molecule has 0 heterocycles. The fourth-order valence-electron chi connectivity index (χ4n) is 2.17. The summed E-state index contributed by atoms with van der Waals surface area (Å²) in [5, 5.41) is 0. The monoisotopic (exact) mass is 298 g/mol. The van der Waals surface area contributed by atoms with Crippen LogP contribution >= 0.6 is 0 Å². The molecule has 0 amide bonds. The van der Waals surface area contributed by atoms with Crippen molar-refractivity contribution in [1.82, 2.24) is 4.31 Å². The molecule has 112 valence electrons. The second-order valence-electron chi connectivity index (χ2n) is 5.09. The zero-order valence-electron chi connectivity index (χ0n) is 12.0. The van der Waals surface area contributed by atoms with Crippen LogP contribution in [-0.2, 0) is 16.6 Å². The van der Waals surface area contributed by atoms with Crippen LogP contribution in [0.15, 0.2) is 23.1 Å². The lowest BCUT2D eigenvalue weighted by Gasteiger charge is -2.22. The summed E-state index contributed by atoms with van der Waals surface area (Å²) in [4.78, 5) is 0.213. The lowest BCUT2D eigenvalue weighted by molar-refractivity contribution is 0.388. The minimum absolute atomic E-state index is 0.213. The Balaban J connectivity index is 2.39. The van der Waals surface area contributed by atoms with E-state index in [1.165, 1.54) is 11.4 Å². The van der Waals surface area contributed by atoms with E-state index in [1.807, 2.05) is 6.92 Å². The second-order valence-corrected chi connectivity index (χ2v) is 6.99. The van der Waals surface area contributed by atoms with Crippen molar-refractivity contribution < 1.29 is 13.2 Å². The van der Waals surface area contributed by atoms with E-state index in [0.717, 1.165) is 18.4 Å². The third kappa shape index (κ3) is 3.13. The summed E-state index contributed by atoms with van der Waals surface area (Å²) in [6.45, 7) is 3.23. The van der Waals surface area contributed by atoms with Crippen LogP contribution in [0.5, 0.6) is 5.75 Å². The van der Waals surface area contributed by atoms with Gasteiger partial charge in [-0.3, -0.25) is 0 Å². The summed E-state index contributed by atoms with van der Waals surface area (Å²) in [5.41, 5.74) is 6.39. The Morgan fingerprint density at radius 2 is 2.10 bits per heavy atom. The Bertz CT molecular complexity index is 568. The minimum Gasteiger partial charge on any atom is -0.495 e. The molecule has 0 bridgehead atoms. The lowest BCUT2D eigenvalue weighted by atomic mass is 10.2. The van der Waals surface area contributed by atoms with Gasteiger partial charge in [0.2, 0.25) is 10.0 Å². The van der Waals surface area contributed by atoms with Gasteiger partial charge in [0.15, 0.2) is 0 Å². The van der Waals surface area contributed by atoms with E-state index < -0.39 is 10.0 Å². The number of methoxy groups -OCH3 is 1. The summed E-state index contributed by atoms with van der Waals surface area (Å²) < 4.78 is 32.3. The fraction of sp³-hybridized carbons (Fsp3) is 0.571. The number of nitrogens with zero attached hydrogens (tertiary/aromatic N) is 1. The molecule has 0 unspecified atom stereocenters. The fourth-order valence-corrected chi connectivity index (χ4v) is 3.91. The van der Waals surface area contributed by atoms with Crippen molar-refractivity contribution in [3.63, 3.8) is 0 Å². The lowest BCUT2D eigenvalue weighted by Crippen LogP contribution is -2.33. The van der Waals surface area contributed by atoms with Gasteiger partial charge in [-0.2, -0.15) is 4.31 Å². The van der Waals surface area contributed by atoms with E-state index in [1.54, 1.807) is 18.2 Å². The molecular weight excluding hydrogens is 276 g/mol. The Kier molecular flexibility index (Phi) is 4.67. The highest BCUT2D eigenvalue weighted by atomic mass is 32.2. The van der Waals surface area contributed by atoms with E-state index in [-0.39, 0.29) is 4.90 Å². The molecule has 0 spiro atoms. The highest BCUT2D eigenvalue weighted by Gasteiger charge is 2.32. The molecule has 0 radical (unpaired) electrons. The minimum atomic E-state index is -3.53. The molecule has 0 saturated heterocycles. The molecule has 1 saturated carbocycles. The molecule has 0 aliphatic heterocycles. The van der Waals surface area contributed by atoms with Crippen molar-refractivity contribution in [2.45, 2.75) is 31.2 Å². The Labute approximate surface area is 120 Å². The van der Waals surface area contributed by atoms with Crippen molar-refractivity contribution in [2.75, 3.05) is 20.2 Å². The predicted octanol–water partition coefficient (Wildman–Crippen LogP) is 1.57. The predicted molar refractivity (Wildman–Crippen MR) is 78.0 cm³/mol. The van der Waals surface area contributed by atoms with Crippen molar-refractivity contribution in [2.24, 2.45) is 11.7 Å². The van der Waals surface area contributed by atoms with Crippen LogP contribution in [0.4, 0.5) is 0 Å². The average Bonchev–Trinajstić information content (AvgIpc) is 3.27. The number of ether oxygens (including phenoxy) is 1. The summed E-state index contributed by atoms with van der Waals surface area (Å²) in [7, 11) is -2.05. The number of hydrogen-bond acceptors (Lipinski definition) is 4.